The van der Waals surface area contributed by atoms with Gasteiger partial charge in [-0.25, -0.2) is 0 Å². The maximum atomic E-state index is 6.29. The summed E-state index contributed by atoms with van der Waals surface area (Å²) in [7, 11) is 0. The molecule has 1 aromatic rings. The number of hydrogen-bond acceptors (Lipinski definition) is 1. The molecule has 2 unspecified atom stereocenters. The fraction of sp³-hybridized carbons (Fsp3) is 0.538. The van der Waals surface area contributed by atoms with Gasteiger partial charge < -0.3 is 4.90 Å². The van der Waals surface area contributed by atoms with Crippen LogP contribution < -0.4 is 4.90 Å². The zero-order chi connectivity index (χ0) is 11.7. The van der Waals surface area contributed by atoms with Crippen molar-refractivity contribution in [2.75, 3.05) is 18.0 Å². The molecule has 88 valence electrons. The topological polar surface area (TPSA) is 3.24 Å². The molecule has 1 nitrogen and oxygen atoms in total. The summed E-state index contributed by atoms with van der Waals surface area (Å²) in [4.78, 5) is 2.41. The number of hydrogen-bond donors (Lipinski definition) is 0. The summed E-state index contributed by atoms with van der Waals surface area (Å²) >= 11 is 9.73. The highest BCUT2D eigenvalue weighted by molar-refractivity contribution is 9.10. The Kier molecular flexibility index (Phi) is 3.81. The molecular weight excluding hydrogens is 286 g/mol. The van der Waals surface area contributed by atoms with Gasteiger partial charge in [-0.2, -0.15) is 0 Å². The first kappa shape index (κ1) is 12.3. The number of halogens is 2. The number of rotatable bonds is 1. The van der Waals surface area contributed by atoms with E-state index in [1.54, 1.807) is 0 Å². The predicted molar refractivity (Wildman–Crippen MR) is 74.3 cm³/mol. The maximum absolute atomic E-state index is 6.29. The fourth-order valence-corrected chi connectivity index (χ4v) is 3.39. The van der Waals surface area contributed by atoms with Crippen molar-refractivity contribution in [3.05, 3.63) is 27.7 Å². The van der Waals surface area contributed by atoms with Crippen molar-refractivity contribution < 1.29 is 0 Å². The Morgan fingerprint density at radius 3 is 2.44 bits per heavy atom. The van der Waals surface area contributed by atoms with Gasteiger partial charge in [-0.3, -0.25) is 0 Å². The first-order chi connectivity index (χ1) is 7.56. The van der Waals surface area contributed by atoms with Gasteiger partial charge in [0.05, 0.1) is 10.7 Å². The van der Waals surface area contributed by atoms with Gasteiger partial charge >= 0.3 is 0 Å². The summed E-state index contributed by atoms with van der Waals surface area (Å²) in [6.07, 6.45) is 1.32. The van der Waals surface area contributed by atoms with Crippen LogP contribution in [0.25, 0.3) is 0 Å². The third-order valence-corrected chi connectivity index (χ3v) is 3.92. The van der Waals surface area contributed by atoms with E-state index in [4.69, 9.17) is 11.6 Å². The Morgan fingerprint density at radius 1 is 1.25 bits per heavy atom. The average Bonchev–Trinajstić information content (AvgIpc) is 2.15. The summed E-state index contributed by atoms with van der Waals surface area (Å²) in [6, 6.07) is 6.14. The van der Waals surface area contributed by atoms with E-state index in [-0.39, 0.29) is 0 Å². The first-order valence-electron chi connectivity index (χ1n) is 5.76. The molecule has 1 aliphatic rings. The molecule has 2 atom stereocenters. The second kappa shape index (κ2) is 4.97. The van der Waals surface area contributed by atoms with Crippen molar-refractivity contribution >= 4 is 33.2 Å². The quantitative estimate of drug-likeness (QED) is 0.733. The second-order valence-electron chi connectivity index (χ2n) is 4.95. The summed E-state index contributed by atoms with van der Waals surface area (Å²) < 4.78 is 1.04. The van der Waals surface area contributed by atoms with Gasteiger partial charge in [-0.1, -0.05) is 41.4 Å². The Labute approximate surface area is 111 Å². The van der Waals surface area contributed by atoms with Crippen molar-refractivity contribution in [2.24, 2.45) is 11.8 Å². The van der Waals surface area contributed by atoms with E-state index < -0.39 is 0 Å². The maximum Gasteiger partial charge on any atom is 0.0650 e. The third kappa shape index (κ3) is 2.72. The van der Waals surface area contributed by atoms with Crippen LogP contribution in [0.4, 0.5) is 5.69 Å². The molecule has 1 aromatic carbocycles. The minimum Gasteiger partial charge on any atom is -0.370 e. The van der Waals surface area contributed by atoms with Crippen molar-refractivity contribution in [1.82, 2.24) is 0 Å². The summed E-state index contributed by atoms with van der Waals surface area (Å²) in [6.45, 7) is 6.86. The minimum absolute atomic E-state index is 0.753. The van der Waals surface area contributed by atoms with Crippen LogP contribution in [0.5, 0.6) is 0 Å². The molecule has 1 aliphatic heterocycles. The van der Waals surface area contributed by atoms with Crippen LogP contribution in [0.15, 0.2) is 22.7 Å². The third-order valence-electron chi connectivity index (χ3n) is 3.12. The molecule has 0 aromatic heterocycles. The smallest absolute Gasteiger partial charge is 0.0650 e. The molecule has 16 heavy (non-hydrogen) atoms. The Hall–Kier alpha value is -0.210. The molecule has 0 saturated carbocycles. The molecule has 0 N–H and O–H groups in total. The molecular formula is C13H17BrClN. The zero-order valence-corrected chi connectivity index (χ0v) is 12.1. The Bertz CT molecular complexity index is 370. The molecule has 0 amide bonds. The van der Waals surface area contributed by atoms with Gasteiger partial charge in [-0.15, -0.1) is 0 Å². The van der Waals surface area contributed by atoms with Crippen LogP contribution in [-0.4, -0.2) is 13.1 Å². The predicted octanol–water partition coefficient (Wildman–Crippen LogP) is 4.58. The van der Waals surface area contributed by atoms with E-state index >= 15 is 0 Å². The van der Waals surface area contributed by atoms with Crippen molar-refractivity contribution in [3.63, 3.8) is 0 Å². The lowest BCUT2D eigenvalue weighted by Crippen LogP contribution is -2.38. The Balaban J connectivity index is 2.23. The van der Waals surface area contributed by atoms with Gasteiger partial charge in [0, 0.05) is 17.6 Å². The van der Waals surface area contributed by atoms with Gasteiger partial charge in [0.1, 0.15) is 0 Å². The minimum atomic E-state index is 0.753. The number of piperidine rings is 1. The van der Waals surface area contributed by atoms with E-state index in [2.05, 4.69) is 46.8 Å². The first-order valence-corrected chi connectivity index (χ1v) is 6.93. The highest BCUT2D eigenvalue weighted by Crippen LogP contribution is 2.33. The average molecular weight is 303 g/mol. The summed E-state index contributed by atoms with van der Waals surface area (Å²) in [5.41, 5.74) is 1.17. The van der Waals surface area contributed by atoms with Crippen LogP contribution in [-0.2, 0) is 0 Å². The van der Waals surface area contributed by atoms with Gasteiger partial charge in [0.15, 0.2) is 0 Å². The monoisotopic (exact) mass is 301 g/mol. The van der Waals surface area contributed by atoms with E-state index in [0.717, 1.165) is 34.4 Å². The molecule has 1 fully saturated rings. The highest BCUT2D eigenvalue weighted by atomic mass is 79.9. The van der Waals surface area contributed by atoms with Crippen LogP contribution in [0, 0.1) is 11.8 Å². The van der Waals surface area contributed by atoms with E-state index in [0.29, 0.717) is 0 Å². The van der Waals surface area contributed by atoms with Crippen LogP contribution in [0.3, 0.4) is 0 Å². The van der Waals surface area contributed by atoms with Crippen LogP contribution in [0.2, 0.25) is 5.02 Å². The van der Waals surface area contributed by atoms with Crippen molar-refractivity contribution in [2.45, 2.75) is 20.3 Å². The summed E-state index contributed by atoms with van der Waals surface area (Å²) in [5, 5.41) is 0.843. The van der Waals surface area contributed by atoms with Crippen LogP contribution >= 0.6 is 27.5 Å². The van der Waals surface area contributed by atoms with E-state index in [9.17, 15) is 0 Å². The van der Waals surface area contributed by atoms with Crippen molar-refractivity contribution in [1.29, 1.82) is 0 Å². The van der Waals surface area contributed by atoms with Crippen molar-refractivity contribution in [3.8, 4) is 0 Å². The molecule has 3 heteroatoms. The normalized spacial score (nSPS) is 25.9. The number of benzene rings is 1. The molecule has 0 spiro atoms. The van der Waals surface area contributed by atoms with E-state index in [1.165, 1.54) is 12.1 Å². The number of anilines is 1. The van der Waals surface area contributed by atoms with Crippen LogP contribution in [0.1, 0.15) is 20.3 Å². The lowest BCUT2D eigenvalue weighted by molar-refractivity contribution is 0.357. The Morgan fingerprint density at radius 2 is 1.88 bits per heavy atom. The van der Waals surface area contributed by atoms with Gasteiger partial charge in [0.2, 0.25) is 0 Å². The SMILES string of the molecule is CC1CC(C)CN(c2ccc(Br)cc2Cl)C1. The molecule has 2 rings (SSSR count). The van der Waals surface area contributed by atoms with E-state index in [1.807, 2.05) is 6.07 Å². The summed E-state index contributed by atoms with van der Waals surface area (Å²) in [5.74, 6) is 1.51. The van der Waals surface area contributed by atoms with Gasteiger partial charge in [0.25, 0.3) is 0 Å². The zero-order valence-electron chi connectivity index (χ0n) is 9.71. The highest BCUT2D eigenvalue weighted by Gasteiger charge is 2.23. The fourth-order valence-electron chi connectivity index (χ4n) is 2.60. The standard InChI is InChI=1S/C13H17BrClN/c1-9-5-10(2)8-16(7-9)13-4-3-11(14)6-12(13)15/h3-4,6,9-10H,5,7-8H2,1-2H3. The molecule has 0 radical (unpaired) electrons. The molecule has 1 heterocycles. The second-order valence-corrected chi connectivity index (χ2v) is 6.27. The molecule has 0 aliphatic carbocycles. The lowest BCUT2D eigenvalue weighted by atomic mass is 9.91. The van der Waals surface area contributed by atoms with Gasteiger partial charge in [-0.05, 0) is 36.5 Å². The molecule has 0 bridgehead atoms. The molecule has 1 saturated heterocycles. The largest absolute Gasteiger partial charge is 0.370 e. The number of nitrogens with zero attached hydrogens (tertiary/aromatic N) is 1. The lowest BCUT2D eigenvalue weighted by Gasteiger charge is -2.37.